The maximum atomic E-state index is 13.2. The van der Waals surface area contributed by atoms with E-state index in [4.69, 9.17) is 4.74 Å². The minimum Gasteiger partial charge on any atom is -0.497 e. The second-order valence-electron chi connectivity index (χ2n) is 6.95. The van der Waals surface area contributed by atoms with E-state index in [2.05, 4.69) is 11.9 Å². The van der Waals surface area contributed by atoms with Crippen molar-refractivity contribution < 1.29 is 14.3 Å². The molecule has 0 saturated carbocycles. The maximum absolute atomic E-state index is 13.2. The molecule has 0 bridgehead atoms. The van der Waals surface area contributed by atoms with Crippen LogP contribution in [0.15, 0.2) is 48.2 Å². The van der Waals surface area contributed by atoms with Gasteiger partial charge in [-0.05, 0) is 31.8 Å². The van der Waals surface area contributed by atoms with Crippen LogP contribution in [0.4, 0.5) is 4.79 Å². The predicted molar refractivity (Wildman–Crippen MR) is 103 cm³/mol. The second-order valence-corrected chi connectivity index (χ2v) is 6.95. The monoisotopic (exact) mass is 370 g/mol. The molecule has 2 aliphatic rings. The van der Waals surface area contributed by atoms with E-state index in [0.717, 1.165) is 17.8 Å². The number of nitrogens with zero attached hydrogens (tertiary/aromatic N) is 3. The highest BCUT2D eigenvalue weighted by Gasteiger charge is 2.43. The average molecular weight is 370 g/mol. The Morgan fingerprint density at radius 3 is 2.81 bits per heavy atom. The molecule has 0 aromatic heterocycles. The fraction of sp³-hybridized carbons (Fsp3) is 0.400. The molecule has 1 N–H and O–H groups in total. The van der Waals surface area contributed by atoms with E-state index < -0.39 is 6.04 Å². The second kappa shape index (κ2) is 7.84. The minimum absolute atomic E-state index is 0.0336. The zero-order valence-corrected chi connectivity index (χ0v) is 16.1. The number of hydrogen-bond acceptors (Lipinski definition) is 4. The first-order valence-electron chi connectivity index (χ1n) is 8.96. The summed E-state index contributed by atoms with van der Waals surface area (Å²) in [6, 6.07) is 6.75. The van der Waals surface area contributed by atoms with Gasteiger partial charge in [-0.1, -0.05) is 18.2 Å². The number of amides is 3. The third-order valence-electron chi connectivity index (χ3n) is 4.85. The van der Waals surface area contributed by atoms with Crippen molar-refractivity contribution in [2.75, 3.05) is 47.4 Å². The number of rotatable bonds is 7. The van der Waals surface area contributed by atoms with E-state index in [0.29, 0.717) is 31.0 Å². The number of carbonyl (C=O) groups excluding carboxylic acids is 2. The standard InChI is InChI=1S/C20H26N4O3/c1-5-9-24-16-13-23(11-10-22(2)3)19(25)17(16)18(21-20(24)26)14-7-6-8-15(12-14)27-4/h5-8,12,18H,1,9-11,13H2,2-4H3,(H,21,26). The molecule has 1 aromatic rings. The zero-order valence-electron chi connectivity index (χ0n) is 16.1. The summed E-state index contributed by atoms with van der Waals surface area (Å²) in [5.41, 5.74) is 2.22. The van der Waals surface area contributed by atoms with E-state index >= 15 is 0 Å². The number of benzene rings is 1. The molecule has 0 radical (unpaired) electrons. The molecule has 1 unspecified atom stereocenters. The van der Waals surface area contributed by atoms with Crippen molar-refractivity contribution in [1.82, 2.24) is 20.0 Å². The zero-order chi connectivity index (χ0) is 19.6. The van der Waals surface area contributed by atoms with Gasteiger partial charge in [-0.15, -0.1) is 6.58 Å². The number of likely N-dealkylation sites (N-methyl/N-ethyl adjacent to an activating group) is 1. The van der Waals surface area contributed by atoms with Crippen LogP contribution < -0.4 is 10.1 Å². The van der Waals surface area contributed by atoms with E-state index in [1.54, 1.807) is 23.0 Å². The third kappa shape index (κ3) is 3.68. The summed E-state index contributed by atoms with van der Waals surface area (Å²) in [4.78, 5) is 31.3. The minimum atomic E-state index is -0.486. The van der Waals surface area contributed by atoms with Crippen molar-refractivity contribution in [3.05, 3.63) is 53.8 Å². The number of nitrogens with one attached hydrogen (secondary N) is 1. The van der Waals surface area contributed by atoms with E-state index in [-0.39, 0.29) is 11.9 Å². The van der Waals surface area contributed by atoms with Crippen LogP contribution in [0.3, 0.4) is 0 Å². The molecule has 7 heteroatoms. The molecular formula is C20H26N4O3. The van der Waals surface area contributed by atoms with Crippen LogP contribution >= 0.6 is 0 Å². The van der Waals surface area contributed by atoms with Gasteiger partial charge in [0, 0.05) is 19.6 Å². The Hall–Kier alpha value is -2.80. The average Bonchev–Trinajstić information content (AvgIpc) is 2.98. The lowest BCUT2D eigenvalue weighted by atomic mass is 9.95. The van der Waals surface area contributed by atoms with E-state index in [9.17, 15) is 9.59 Å². The molecule has 2 heterocycles. The highest BCUT2D eigenvalue weighted by Crippen LogP contribution is 2.36. The number of urea groups is 1. The summed E-state index contributed by atoms with van der Waals surface area (Å²) in [6.45, 7) is 5.91. The van der Waals surface area contributed by atoms with E-state index in [1.165, 1.54) is 0 Å². The van der Waals surface area contributed by atoms with Crippen LogP contribution in [0.2, 0.25) is 0 Å². The molecule has 1 aromatic carbocycles. The van der Waals surface area contributed by atoms with Gasteiger partial charge in [-0.3, -0.25) is 9.69 Å². The molecule has 0 fully saturated rings. The summed E-state index contributed by atoms with van der Waals surface area (Å²) in [5, 5.41) is 2.97. The highest BCUT2D eigenvalue weighted by molar-refractivity contribution is 6.01. The lowest BCUT2D eigenvalue weighted by Gasteiger charge is -2.33. The Bertz CT molecular complexity index is 787. The number of carbonyl (C=O) groups is 2. The molecule has 0 aliphatic carbocycles. The fourth-order valence-electron chi connectivity index (χ4n) is 3.44. The van der Waals surface area contributed by atoms with Crippen LogP contribution in [-0.4, -0.2) is 74.0 Å². The normalized spacial score (nSPS) is 19.5. The lowest BCUT2D eigenvalue weighted by molar-refractivity contribution is -0.125. The number of ether oxygens (including phenoxy) is 1. The van der Waals surface area contributed by atoms with Crippen molar-refractivity contribution in [1.29, 1.82) is 0 Å². The molecular weight excluding hydrogens is 344 g/mol. The first kappa shape index (κ1) is 19.0. The number of methoxy groups -OCH3 is 1. The maximum Gasteiger partial charge on any atom is 0.322 e. The van der Waals surface area contributed by atoms with Crippen LogP contribution in [0, 0.1) is 0 Å². The summed E-state index contributed by atoms with van der Waals surface area (Å²) in [6.07, 6.45) is 1.67. The van der Waals surface area contributed by atoms with Gasteiger partial charge in [-0.2, -0.15) is 0 Å². The predicted octanol–water partition coefficient (Wildman–Crippen LogP) is 1.61. The van der Waals surface area contributed by atoms with Gasteiger partial charge < -0.3 is 19.9 Å². The molecule has 1 atom stereocenters. The Morgan fingerprint density at radius 1 is 1.37 bits per heavy atom. The first-order chi connectivity index (χ1) is 13.0. The van der Waals surface area contributed by atoms with Gasteiger partial charge in [0.05, 0.1) is 31.0 Å². The number of hydrogen-bond donors (Lipinski definition) is 1. The molecule has 0 spiro atoms. The Balaban J connectivity index is 1.98. The fourth-order valence-corrected chi connectivity index (χ4v) is 3.44. The van der Waals surface area contributed by atoms with Crippen molar-refractivity contribution in [3.8, 4) is 5.75 Å². The van der Waals surface area contributed by atoms with Gasteiger partial charge in [0.25, 0.3) is 5.91 Å². The molecule has 3 rings (SSSR count). The van der Waals surface area contributed by atoms with Gasteiger partial charge in [0.2, 0.25) is 0 Å². The topological polar surface area (TPSA) is 65.1 Å². The van der Waals surface area contributed by atoms with Crippen molar-refractivity contribution in [2.45, 2.75) is 6.04 Å². The summed E-state index contributed by atoms with van der Waals surface area (Å²) in [7, 11) is 5.54. The lowest BCUT2D eigenvalue weighted by Crippen LogP contribution is -2.47. The Morgan fingerprint density at radius 2 is 2.15 bits per heavy atom. The molecule has 27 heavy (non-hydrogen) atoms. The highest BCUT2D eigenvalue weighted by atomic mass is 16.5. The molecule has 3 amide bonds. The third-order valence-corrected chi connectivity index (χ3v) is 4.85. The molecule has 2 aliphatic heterocycles. The van der Waals surface area contributed by atoms with Gasteiger partial charge in [0.1, 0.15) is 5.75 Å². The van der Waals surface area contributed by atoms with Gasteiger partial charge in [-0.25, -0.2) is 4.79 Å². The quantitative estimate of drug-likeness (QED) is 0.741. The molecule has 7 nitrogen and oxygen atoms in total. The van der Waals surface area contributed by atoms with Crippen LogP contribution in [0.5, 0.6) is 5.75 Å². The van der Waals surface area contributed by atoms with Gasteiger partial charge >= 0.3 is 6.03 Å². The van der Waals surface area contributed by atoms with Crippen molar-refractivity contribution in [3.63, 3.8) is 0 Å². The smallest absolute Gasteiger partial charge is 0.322 e. The van der Waals surface area contributed by atoms with Crippen molar-refractivity contribution in [2.24, 2.45) is 0 Å². The van der Waals surface area contributed by atoms with Crippen LogP contribution in [0.1, 0.15) is 11.6 Å². The summed E-state index contributed by atoms with van der Waals surface area (Å²) >= 11 is 0. The first-order valence-corrected chi connectivity index (χ1v) is 8.96. The van der Waals surface area contributed by atoms with Crippen LogP contribution in [0.25, 0.3) is 0 Å². The molecule has 0 saturated heterocycles. The van der Waals surface area contributed by atoms with Crippen LogP contribution in [-0.2, 0) is 4.79 Å². The van der Waals surface area contributed by atoms with Crippen molar-refractivity contribution >= 4 is 11.9 Å². The largest absolute Gasteiger partial charge is 0.497 e. The Kier molecular flexibility index (Phi) is 5.51. The molecule has 144 valence electrons. The summed E-state index contributed by atoms with van der Waals surface area (Å²) in [5.74, 6) is 0.654. The van der Waals surface area contributed by atoms with E-state index in [1.807, 2.05) is 43.3 Å². The summed E-state index contributed by atoms with van der Waals surface area (Å²) < 4.78 is 5.30. The van der Waals surface area contributed by atoms with Gasteiger partial charge in [0.15, 0.2) is 0 Å². The SMILES string of the molecule is C=CCN1C(=O)NC(c2cccc(OC)c2)C2=C1CN(CCN(C)C)C2=O. The Labute approximate surface area is 159 Å².